The molecule has 110 valence electrons. The molecular formula is C12H16ClN3O3S. The SMILES string of the molecule is CNC(=O)C1CCCN1S(=O)(=O)c1ccc(N)cc1Cl. The maximum atomic E-state index is 12.6. The normalized spacial score (nSPS) is 20.0. The van der Waals surface area contributed by atoms with Crippen molar-refractivity contribution in [2.75, 3.05) is 19.3 Å². The van der Waals surface area contributed by atoms with Crippen molar-refractivity contribution in [3.05, 3.63) is 23.2 Å². The summed E-state index contributed by atoms with van der Waals surface area (Å²) >= 11 is 5.97. The van der Waals surface area contributed by atoms with Crippen LogP contribution in [0.1, 0.15) is 12.8 Å². The Kier molecular flexibility index (Phi) is 4.22. The maximum absolute atomic E-state index is 12.6. The average Bonchev–Trinajstić information content (AvgIpc) is 2.87. The predicted octanol–water partition coefficient (Wildman–Crippen LogP) is 0.821. The Labute approximate surface area is 122 Å². The number of hydrogen-bond donors (Lipinski definition) is 2. The quantitative estimate of drug-likeness (QED) is 0.807. The van der Waals surface area contributed by atoms with E-state index in [0.717, 1.165) is 0 Å². The van der Waals surface area contributed by atoms with Gasteiger partial charge in [-0.15, -0.1) is 0 Å². The number of nitrogen functional groups attached to an aromatic ring is 1. The highest BCUT2D eigenvalue weighted by Crippen LogP contribution is 2.31. The lowest BCUT2D eigenvalue weighted by Crippen LogP contribution is -2.44. The van der Waals surface area contributed by atoms with Gasteiger partial charge in [0.15, 0.2) is 0 Å². The highest BCUT2D eigenvalue weighted by molar-refractivity contribution is 7.89. The minimum atomic E-state index is -3.81. The van der Waals surface area contributed by atoms with E-state index in [1.807, 2.05) is 0 Å². The summed E-state index contributed by atoms with van der Waals surface area (Å²) in [5.41, 5.74) is 5.95. The fraction of sp³-hybridized carbons (Fsp3) is 0.417. The number of sulfonamides is 1. The summed E-state index contributed by atoms with van der Waals surface area (Å²) in [6.45, 7) is 0.307. The molecule has 20 heavy (non-hydrogen) atoms. The molecular weight excluding hydrogens is 302 g/mol. The largest absolute Gasteiger partial charge is 0.399 e. The van der Waals surface area contributed by atoms with E-state index in [4.69, 9.17) is 17.3 Å². The molecule has 0 radical (unpaired) electrons. The van der Waals surface area contributed by atoms with E-state index in [-0.39, 0.29) is 15.8 Å². The molecule has 1 heterocycles. The Morgan fingerprint density at radius 2 is 2.20 bits per heavy atom. The van der Waals surface area contributed by atoms with Crippen molar-refractivity contribution >= 4 is 33.2 Å². The van der Waals surface area contributed by atoms with Gasteiger partial charge in [0.1, 0.15) is 10.9 Å². The lowest BCUT2D eigenvalue weighted by Gasteiger charge is -2.23. The summed E-state index contributed by atoms with van der Waals surface area (Å²) in [6, 6.07) is 3.55. The molecule has 1 fully saturated rings. The van der Waals surface area contributed by atoms with E-state index in [1.165, 1.54) is 29.6 Å². The molecule has 3 N–H and O–H groups in total. The average molecular weight is 318 g/mol. The zero-order chi connectivity index (χ0) is 14.9. The second kappa shape index (κ2) is 5.59. The second-order valence-electron chi connectivity index (χ2n) is 4.58. The minimum Gasteiger partial charge on any atom is -0.399 e. The van der Waals surface area contributed by atoms with E-state index in [0.29, 0.717) is 25.1 Å². The number of nitrogens with zero attached hydrogens (tertiary/aromatic N) is 1. The van der Waals surface area contributed by atoms with E-state index in [9.17, 15) is 13.2 Å². The van der Waals surface area contributed by atoms with Gasteiger partial charge in [-0.3, -0.25) is 4.79 Å². The van der Waals surface area contributed by atoms with Gasteiger partial charge in [-0.1, -0.05) is 11.6 Å². The van der Waals surface area contributed by atoms with E-state index in [2.05, 4.69) is 5.32 Å². The van der Waals surface area contributed by atoms with Gasteiger partial charge >= 0.3 is 0 Å². The Hall–Kier alpha value is -1.31. The number of carbonyl (C=O) groups excluding carboxylic acids is 1. The topological polar surface area (TPSA) is 92.5 Å². The molecule has 0 spiro atoms. The fourth-order valence-corrected chi connectivity index (χ4v) is 4.49. The van der Waals surface area contributed by atoms with E-state index >= 15 is 0 Å². The fourth-order valence-electron chi connectivity index (χ4n) is 2.31. The van der Waals surface area contributed by atoms with Gasteiger partial charge in [0, 0.05) is 19.3 Å². The predicted molar refractivity (Wildman–Crippen MR) is 76.8 cm³/mol. The van der Waals surface area contributed by atoms with Gasteiger partial charge in [0.25, 0.3) is 0 Å². The highest BCUT2D eigenvalue weighted by Gasteiger charge is 2.39. The van der Waals surface area contributed by atoms with Crippen molar-refractivity contribution < 1.29 is 13.2 Å². The molecule has 1 saturated heterocycles. The minimum absolute atomic E-state index is 0.0239. The molecule has 1 aromatic carbocycles. The summed E-state index contributed by atoms with van der Waals surface area (Å²) in [7, 11) is -2.32. The number of carbonyl (C=O) groups is 1. The number of rotatable bonds is 3. The first-order chi connectivity index (χ1) is 9.37. The Balaban J connectivity index is 2.41. The number of anilines is 1. The van der Waals surface area contributed by atoms with Gasteiger partial charge in [-0.25, -0.2) is 8.42 Å². The number of amides is 1. The van der Waals surface area contributed by atoms with Crippen LogP contribution in [0.5, 0.6) is 0 Å². The molecule has 6 nitrogen and oxygen atoms in total. The summed E-state index contributed by atoms with van der Waals surface area (Å²) in [5, 5.41) is 2.55. The molecule has 1 aliphatic rings. The van der Waals surface area contributed by atoms with E-state index < -0.39 is 16.1 Å². The Morgan fingerprint density at radius 3 is 2.80 bits per heavy atom. The van der Waals surface area contributed by atoms with Gasteiger partial charge in [0.2, 0.25) is 15.9 Å². The summed E-state index contributed by atoms with van der Waals surface area (Å²) in [4.78, 5) is 11.7. The van der Waals surface area contributed by atoms with Crippen molar-refractivity contribution in [1.82, 2.24) is 9.62 Å². The molecule has 2 rings (SSSR count). The smallest absolute Gasteiger partial charge is 0.245 e. The van der Waals surface area contributed by atoms with Crippen LogP contribution >= 0.6 is 11.6 Å². The number of nitrogens with one attached hydrogen (secondary N) is 1. The van der Waals surface area contributed by atoms with Crippen LogP contribution in [-0.4, -0.2) is 38.3 Å². The van der Waals surface area contributed by atoms with Gasteiger partial charge < -0.3 is 11.1 Å². The van der Waals surface area contributed by atoms with Crippen LogP contribution in [0.2, 0.25) is 5.02 Å². The van der Waals surface area contributed by atoms with E-state index in [1.54, 1.807) is 0 Å². The number of likely N-dealkylation sites (N-methyl/N-ethyl adjacent to an activating group) is 1. The molecule has 1 aromatic rings. The van der Waals surface area contributed by atoms with Crippen LogP contribution in [-0.2, 0) is 14.8 Å². The third kappa shape index (κ3) is 2.61. The van der Waals surface area contributed by atoms with Crippen LogP contribution in [0, 0.1) is 0 Å². The third-order valence-electron chi connectivity index (χ3n) is 3.30. The summed E-state index contributed by atoms with van der Waals surface area (Å²) in [5.74, 6) is -0.308. The Bertz CT molecular complexity index is 633. The van der Waals surface area contributed by atoms with Crippen LogP contribution in [0.4, 0.5) is 5.69 Å². The van der Waals surface area contributed by atoms with Gasteiger partial charge in [-0.2, -0.15) is 4.31 Å². The van der Waals surface area contributed by atoms with Crippen molar-refractivity contribution in [1.29, 1.82) is 0 Å². The van der Waals surface area contributed by atoms with Crippen molar-refractivity contribution in [3.8, 4) is 0 Å². The zero-order valence-electron chi connectivity index (χ0n) is 11.0. The lowest BCUT2D eigenvalue weighted by molar-refractivity contribution is -0.123. The van der Waals surface area contributed by atoms with Gasteiger partial charge in [-0.05, 0) is 31.0 Å². The summed E-state index contributed by atoms with van der Waals surface area (Å²) < 4.78 is 26.4. The Morgan fingerprint density at radius 1 is 1.50 bits per heavy atom. The molecule has 1 aliphatic heterocycles. The molecule has 0 aliphatic carbocycles. The van der Waals surface area contributed by atoms with Crippen LogP contribution < -0.4 is 11.1 Å². The van der Waals surface area contributed by atoms with Crippen LogP contribution in [0.25, 0.3) is 0 Å². The highest BCUT2D eigenvalue weighted by atomic mass is 35.5. The third-order valence-corrected chi connectivity index (χ3v) is 5.69. The number of hydrogen-bond acceptors (Lipinski definition) is 4. The van der Waals surface area contributed by atoms with Gasteiger partial charge in [0.05, 0.1) is 5.02 Å². The molecule has 1 amide bonds. The standard InChI is InChI=1S/C12H16ClN3O3S/c1-15-12(17)10-3-2-6-16(10)20(18,19)11-5-4-8(14)7-9(11)13/h4-5,7,10H,2-3,6,14H2,1H3,(H,15,17). The lowest BCUT2D eigenvalue weighted by atomic mass is 10.2. The second-order valence-corrected chi connectivity index (χ2v) is 6.84. The molecule has 0 aromatic heterocycles. The van der Waals surface area contributed by atoms with Crippen molar-refractivity contribution in [2.24, 2.45) is 0 Å². The molecule has 1 unspecified atom stereocenters. The molecule has 0 bridgehead atoms. The first-order valence-corrected chi connectivity index (χ1v) is 7.98. The molecule has 0 saturated carbocycles. The number of benzene rings is 1. The first kappa shape index (κ1) is 15.1. The van der Waals surface area contributed by atoms with Crippen LogP contribution in [0.15, 0.2) is 23.1 Å². The first-order valence-electron chi connectivity index (χ1n) is 6.16. The zero-order valence-corrected chi connectivity index (χ0v) is 12.5. The number of halogens is 1. The molecule has 1 atom stereocenters. The maximum Gasteiger partial charge on any atom is 0.245 e. The van der Waals surface area contributed by atoms with Crippen molar-refractivity contribution in [2.45, 2.75) is 23.8 Å². The monoisotopic (exact) mass is 317 g/mol. The number of nitrogens with two attached hydrogens (primary N) is 1. The summed E-state index contributed by atoms with van der Waals surface area (Å²) in [6.07, 6.45) is 1.15. The molecule has 8 heteroatoms. The van der Waals surface area contributed by atoms with Crippen molar-refractivity contribution in [3.63, 3.8) is 0 Å². The van der Waals surface area contributed by atoms with Crippen LogP contribution in [0.3, 0.4) is 0 Å².